The van der Waals surface area contributed by atoms with Crippen LogP contribution in [-0.4, -0.2) is 16.5 Å². The predicted octanol–water partition coefficient (Wildman–Crippen LogP) is 5.10. The molecule has 0 aliphatic heterocycles. The van der Waals surface area contributed by atoms with Gasteiger partial charge in [0.25, 0.3) is 0 Å². The summed E-state index contributed by atoms with van der Waals surface area (Å²) in [5, 5.41) is 6.76. The monoisotopic (exact) mass is 379 g/mol. The molecule has 0 saturated heterocycles. The number of aromatic nitrogens is 2. The van der Waals surface area contributed by atoms with Crippen molar-refractivity contribution in [1.29, 1.82) is 0 Å². The van der Waals surface area contributed by atoms with Crippen molar-refractivity contribution in [3.63, 3.8) is 0 Å². The van der Waals surface area contributed by atoms with Crippen LogP contribution in [0.15, 0.2) is 15.9 Å². The lowest BCUT2D eigenvalue weighted by Gasteiger charge is -2.07. The topological polar surface area (TPSA) is 37.8 Å². The molecule has 1 aliphatic carbocycles. The first-order valence-corrected chi connectivity index (χ1v) is 9.55. The van der Waals surface area contributed by atoms with E-state index >= 15 is 0 Å². The van der Waals surface area contributed by atoms with Gasteiger partial charge in [0.2, 0.25) is 0 Å². The summed E-state index contributed by atoms with van der Waals surface area (Å²) >= 11 is 7.02. The maximum absolute atomic E-state index is 4.82. The van der Waals surface area contributed by atoms with Gasteiger partial charge in [-0.1, -0.05) is 0 Å². The summed E-state index contributed by atoms with van der Waals surface area (Å²) in [6.07, 6.45) is 3.63. The van der Waals surface area contributed by atoms with Crippen molar-refractivity contribution in [2.75, 3.05) is 11.9 Å². The summed E-state index contributed by atoms with van der Waals surface area (Å²) in [5.41, 5.74) is 1.48. The molecule has 21 heavy (non-hydrogen) atoms. The van der Waals surface area contributed by atoms with E-state index in [-0.39, 0.29) is 0 Å². The molecule has 6 heteroatoms. The molecule has 3 heterocycles. The minimum absolute atomic E-state index is 0.828. The molecule has 3 aromatic heterocycles. The third kappa shape index (κ3) is 2.29. The Balaban J connectivity index is 1.95. The standard InChI is InChI=1S/C15H14BrN3S2/c1-2-17-14-12-9-4-3-5-10(9)21-15(12)19-13(18-14)11-6-8(16)7-20-11/h6-7H,2-5H2,1H3,(H,17,18,19). The second-order valence-electron chi connectivity index (χ2n) is 5.09. The highest BCUT2D eigenvalue weighted by molar-refractivity contribution is 9.10. The number of hydrogen-bond acceptors (Lipinski definition) is 5. The van der Waals surface area contributed by atoms with Crippen LogP contribution in [0.1, 0.15) is 23.8 Å². The molecule has 1 aliphatic rings. The van der Waals surface area contributed by atoms with Gasteiger partial charge < -0.3 is 5.32 Å². The SMILES string of the molecule is CCNc1nc(-c2cc(Br)cs2)nc2sc3c(c12)CCC3. The number of halogens is 1. The van der Waals surface area contributed by atoms with E-state index in [1.165, 1.54) is 35.1 Å². The highest BCUT2D eigenvalue weighted by Gasteiger charge is 2.22. The minimum Gasteiger partial charge on any atom is -0.370 e. The molecule has 0 radical (unpaired) electrons. The van der Waals surface area contributed by atoms with Gasteiger partial charge in [-0.3, -0.25) is 0 Å². The Morgan fingerprint density at radius 1 is 1.33 bits per heavy atom. The van der Waals surface area contributed by atoms with Crippen molar-refractivity contribution >= 4 is 54.6 Å². The molecular weight excluding hydrogens is 366 g/mol. The van der Waals surface area contributed by atoms with Crippen LogP contribution in [0.2, 0.25) is 0 Å². The van der Waals surface area contributed by atoms with E-state index in [4.69, 9.17) is 9.97 Å². The van der Waals surface area contributed by atoms with E-state index in [9.17, 15) is 0 Å². The number of thiophene rings is 2. The van der Waals surface area contributed by atoms with Crippen molar-refractivity contribution in [2.45, 2.75) is 26.2 Å². The largest absolute Gasteiger partial charge is 0.370 e. The van der Waals surface area contributed by atoms with Crippen molar-refractivity contribution < 1.29 is 0 Å². The molecule has 0 atom stereocenters. The number of nitrogens with one attached hydrogen (secondary N) is 1. The van der Waals surface area contributed by atoms with Gasteiger partial charge in [0.1, 0.15) is 10.6 Å². The minimum atomic E-state index is 0.828. The fourth-order valence-corrected chi connectivity index (χ4v) is 5.45. The third-order valence-electron chi connectivity index (χ3n) is 3.70. The van der Waals surface area contributed by atoms with Gasteiger partial charge in [0.15, 0.2) is 5.82 Å². The lowest BCUT2D eigenvalue weighted by molar-refractivity contribution is 0.917. The molecule has 0 bridgehead atoms. The molecule has 108 valence electrons. The highest BCUT2D eigenvalue weighted by Crippen LogP contribution is 2.41. The molecule has 0 aromatic carbocycles. The number of nitrogens with zero attached hydrogens (tertiary/aromatic N) is 2. The second kappa shape index (κ2) is 5.34. The summed E-state index contributed by atoms with van der Waals surface area (Å²) in [5.74, 6) is 1.83. The normalized spacial score (nSPS) is 13.8. The molecule has 4 rings (SSSR count). The number of anilines is 1. The van der Waals surface area contributed by atoms with E-state index in [1.54, 1.807) is 11.3 Å². The van der Waals surface area contributed by atoms with Gasteiger partial charge in [-0.15, -0.1) is 22.7 Å². The zero-order valence-corrected chi connectivity index (χ0v) is 14.8. The Labute approximate surface area is 139 Å². The first-order valence-electron chi connectivity index (χ1n) is 7.07. The number of fused-ring (bicyclic) bond motifs is 3. The molecular formula is C15H14BrN3S2. The van der Waals surface area contributed by atoms with Crippen LogP contribution in [0.4, 0.5) is 5.82 Å². The Hall–Kier alpha value is -0.980. The van der Waals surface area contributed by atoms with Crippen LogP contribution >= 0.6 is 38.6 Å². The lowest BCUT2D eigenvalue weighted by atomic mass is 10.2. The molecule has 0 saturated carbocycles. The molecule has 3 aromatic rings. The Bertz CT molecular complexity index is 822. The molecule has 1 N–H and O–H groups in total. The molecule has 0 unspecified atom stereocenters. The quantitative estimate of drug-likeness (QED) is 0.687. The summed E-state index contributed by atoms with van der Waals surface area (Å²) < 4.78 is 1.09. The maximum atomic E-state index is 4.82. The van der Waals surface area contributed by atoms with Crippen molar-refractivity contribution in [2.24, 2.45) is 0 Å². The van der Waals surface area contributed by atoms with E-state index in [0.717, 1.165) is 32.4 Å². The number of aryl methyl sites for hydroxylation is 2. The van der Waals surface area contributed by atoms with Gasteiger partial charge in [0, 0.05) is 21.3 Å². The Morgan fingerprint density at radius 2 is 2.24 bits per heavy atom. The van der Waals surface area contributed by atoms with Crippen LogP contribution in [0.25, 0.3) is 20.9 Å². The second-order valence-corrected chi connectivity index (χ2v) is 8.00. The van der Waals surface area contributed by atoms with Crippen molar-refractivity contribution in [1.82, 2.24) is 9.97 Å². The third-order valence-corrected chi connectivity index (χ3v) is 6.57. The van der Waals surface area contributed by atoms with Crippen LogP contribution in [-0.2, 0) is 12.8 Å². The van der Waals surface area contributed by atoms with Crippen molar-refractivity contribution in [3.05, 3.63) is 26.4 Å². The van der Waals surface area contributed by atoms with Gasteiger partial charge in [-0.2, -0.15) is 0 Å². The Kier molecular flexibility index (Phi) is 3.47. The van der Waals surface area contributed by atoms with E-state index in [0.29, 0.717) is 0 Å². The van der Waals surface area contributed by atoms with E-state index in [1.807, 2.05) is 11.3 Å². The summed E-state index contributed by atoms with van der Waals surface area (Å²) in [6, 6.07) is 2.09. The molecule has 0 amide bonds. The highest BCUT2D eigenvalue weighted by atomic mass is 79.9. The van der Waals surface area contributed by atoms with E-state index in [2.05, 4.69) is 39.6 Å². The van der Waals surface area contributed by atoms with Crippen LogP contribution in [0.3, 0.4) is 0 Å². The molecule has 0 fully saturated rings. The smallest absolute Gasteiger partial charge is 0.173 e. The van der Waals surface area contributed by atoms with Crippen LogP contribution < -0.4 is 5.32 Å². The van der Waals surface area contributed by atoms with Crippen molar-refractivity contribution in [3.8, 4) is 10.7 Å². The lowest BCUT2D eigenvalue weighted by Crippen LogP contribution is -2.02. The fourth-order valence-electron chi connectivity index (χ4n) is 2.83. The van der Waals surface area contributed by atoms with Crippen LogP contribution in [0.5, 0.6) is 0 Å². The van der Waals surface area contributed by atoms with Crippen LogP contribution in [0, 0.1) is 0 Å². The van der Waals surface area contributed by atoms with E-state index < -0.39 is 0 Å². The van der Waals surface area contributed by atoms with Gasteiger partial charge in [-0.25, -0.2) is 9.97 Å². The predicted molar refractivity (Wildman–Crippen MR) is 94.6 cm³/mol. The number of rotatable bonds is 3. The summed E-state index contributed by atoms with van der Waals surface area (Å²) in [6.45, 7) is 2.99. The summed E-state index contributed by atoms with van der Waals surface area (Å²) in [7, 11) is 0. The van der Waals surface area contributed by atoms with Gasteiger partial charge in [0.05, 0.1) is 10.3 Å². The molecule has 0 spiro atoms. The zero-order chi connectivity index (χ0) is 14.4. The average molecular weight is 380 g/mol. The fraction of sp³-hybridized carbons (Fsp3) is 0.333. The molecule has 3 nitrogen and oxygen atoms in total. The van der Waals surface area contributed by atoms with Gasteiger partial charge in [-0.05, 0) is 53.7 Å². The summed E-state index contributed by atoms with van der Waals surface area (Å²) in [4.78, 5) is 13.4. The average Bonchev–Trinajstić information content (AvgIpc) is 3.13. The first kappa shape index (κ1) is 13.7. The van der Waals surface area contributed by atoms with Gasteiger partial charge >= 0.3 is 0 Å². The Morgan fingerprint density at radius 3 is 3.00 bits per heavy atom. The first-order chi connectivity index (χ1) is 10.3. The maximum Gasteiger partial charge on any atom is 0.173 e. The zero-order valence-electron chi connectivity index (χ0n) is 11.6. The number of hydrogen-bond donors (Lipinski definition) is 1.